The third kappa shape index (κ3) is 2.89. The quantitative estimate of drug-likeness (QED) is 0.893. The molecule has 2 heterocycles. The monoisotopic (exact) mass is 327 g/mol. The largest absolute Gasteiger partial charge is 0.323 e. The van der Waals surface area contributed by atoms with Gasteiger partial charge in [-0.05, 0) is 42.4 Å². The first-order chi connectivity index (χ1) is 9.65. The summed E-state index contributed by atoms with van der Waals surface area (Å²) >= 11 is 9.79. The van der Waals surface area contributed by atoms with Crippen LogP contribution in [0.25, 0.3) is 0 Å². The molecular weight excluding hydrogens is 313 g/mol. The second-order valence-electron chi connectivity index (χ2n) is 4.91. The van der Waals surface area contributed by atoms with Gasteiger partial charge >= 0.3 is 0 Å². The summed E-state index contributed by atoms with van der Waals surface area (Å²) in [5.74, 6) is 1.98. The highest BCUT2D eigenvalue weighted by molar-refractivity contribution is 7.98. The molecule has 1 aliphatic heterocycles. The number of fused-ring (bicyclic) bond motifs is 1. The third-order valence-electron chi connectivity index (χ3n) is 3.50. The zero-order chi connectivity index (χ0) is 14.1. The van der Waals surface area contributed by atoms with Crippen LogP contribution in [0.1, 0.15) is 26.9 Å². The van der Waals surface area contributed by atoms with Crippen molar-refractivity contribution in [3.8, 4) is 0 Å². The lowest BCUT2D eigenvalue weighted by Gasteiger charge is -2.11. The number of thioether (sulfide) groups is 1. The molecule has 1 aromatic heterocycles. The highest BCUT2D eigenvalue weighted by Gasteiger charge is 2.19. The molecule has 0 spiro atoms. The van der Waals surface area contributed by atoms with Crippen molar-refractivity contribution in [2.24, 2.45) is 5.73 Å². The highest BCUT2D eigenvalue weighted by Crippen LogP contribution is 2.35. The normalized spacial score (nSPS) is 15.9. The summed E-state index contributed by atoms with van der Waals surface area (Å²) in [4.78, 5) is 2.57. The van der Waals surface area contributed by atoms with E-state index in [9.17, 15) is 4.39 Å². The lowest BCUT2D eigenvalue weighted by molar-refractivity contribution is 0.595. The van der Waals surface area contributed by atoms with Gasteiger partial charge in [-0.15, -0.1) is 11.3 Å². The molecule has 0 amide bonds. The summed E-state index contributed by atoms with van der Waals surface area (Å²) in [6.07, 6.45) is 1.57. The first-order valence-electron chi connectivity index (χ1n) is 6.53. The summed E-state index contributed by atoms with van der Waals surface area (Å²) in [6, 6.07) is 6.76. The Morgan fingerprint density at radius 3 is 3.00 bits per heavy atom. The fourth-order valence-corrected chi connectivity index (χ4v) is 5.02. The maximum absolute atomic E-state index is 13.8. The molecule has 0 bridgehead atoms. The molecule has 2 aromatic rings. The van der Waals surface area contributed by atoms with Crippen molar-refractivity contribution in [3.05, 3.63) is 56.0 Å². The molecule has 1 unspecified atom stereocenters. The maximum atomic E-state index is 13.8. The Balaban J connectivity index is 1.82. The van der Waals surface area contributed by atoms with Gasteiger partial charge in [-0.2, -0.15) is 11.8 Å². The molecule has 1 atom stereocenters. The minimum absolute atomic E-state index is 0.190. The van der Waals surface area contributed by atoms with Crippen molar-refractivity contribution in [2.75, 3.05) is 5.75 Å². The zero-order valence-electron chi connectivity index (χ0n) is 10.9. The molecule has 0 aliphatic carbocycles. The third-order valence-corrected chi connectivity index (χ3v) is 6.23. The molecule has 0 saturated carbocycles. The Hall–Kier alpha value is -0.550. The van der Waals surface area contributed by atoms with Crippen LogP contribution in [0.4, 0.5) is 4.39 Å². The molecule has 20 heavy (non-hydrogen) atoms. The average molecular weight is 328 g/mol. The Labute approximate surface area is 131 Å². The van der Waals surface area contributed by atoms with Crippen molar-refractivity contribution in [3.63, 3.8) is 0 Å². The van der Waals surface area contributed by atoms with Crippen LogP contribution in [-0.2, 0) is 18.6 Å². The Kier molecular flexibility index (Phi) is 4.36. The van der Waals surface area contributed by atoms with Crippen LogP contribution in [0.5, 0.6) is 0 Å². The second kappa shape index (κ2) is 6.06. The van der Waals surface area contributed by atoms with Crippen molar-refractivity contribution in [1.82, 2.24) is 0 Å². The summed E-state index contributed by atoms with van der Waals surface area (Å²) in [5.41, 5.74) is 8.17. The first kappa shape index (κ1) is 14.4. The Morgan fingerprint density at radius 1 is 1.40 bits per heavy atom. The van der Waals surface area contributed by atoms with Gasteiger partial charge in [0.25, 0.3) is 0 Å². The fraction of sp³-hybridized carbons (Fsp3) is 0.333. The van der Waals surface area contributed by atoms with Gasteiger partial charge in [-0.25, -0.2) is 4.39 Å². The number of nitrogens with two attached hydrogens (primary N) is 1. The predicted octanol–water partition coefficient (Wildman–Crippen LogP) is 4.57. The molecule has 1 aliphatic rings. The van der Waals surface area contributed by atoms with Gasteiger partial charge in [-0.1, -0.05) is 17.7 Å². The Morgan fingerprint density at radius 2 is 2.25 bits per heavy atom. The van der Waals surface area contributed by atoms with Crippen molar-refractivity contribution in [1.29, 1.82) is 0 Å². The van der Waals surface area contributed by atoms with E-state index in [1.165, 1.54) is 22.3 Å². The van der Waals surface area contributed by atoms with Gasteiger partial charge in [0.1, 0.15) is 5.82 Å². The number of hydrogen-bond donors (Lipinski definition) is 1. The molecule has 3 rings (SSSR count). The Bertz CT molecular complexity index is 583. The number of halogens is 2. The summed E-state index contributed by atoms with van der Waals surface area (Å²) in [5, 5.41) is 0.456. The molecule has 0 saturated heterocycles. The van der Waals surface area contributed by atoms with E-state index in [4.69, 9.17) is 17.3 Å². The molecular formula is C15H15ClFNS2. The number of benzene rings is 1. The minimum Gasteiger partial charge on any atom is -0.323 e. The molecule has 1 aromatic carbocycles. The minimum atomic E-state index is -0.273. The van der Waals surface area contributed by atoms with Gasteiger partial charge in [0, 0.05) is 32.1 Å². The zero-order valence-corrected chi connectivity index (χ0v) is 13.3. The van der Waals surface area contributed by atoms with Gasteiger partial charge in [-0.3, -0.25) is 0 Å². The van der Waals surface area contributed by atoms with E-state index in [1.807, 2.05) is 11.8 Å². The van der Waals surface area contributed by atoms with Crippen LogP contribution < -0.4 is 5.73 Å². The van der Waals surface area contributed by atoms with Crippen LogP contribution >= 0.6 is 34.7 Å². The molecule has 5 heteroatoms. The predicted molar refractivity (Wildman–Crippen MR) is 86.2 cm³/mol. The van der Waals surface area contributed by atoms with E-state index in [-0.39, 0.29) is 11.9 Å². The first-order valence-corrected chi connectivity index (χ1v) is 8.88. The molecule has 106 valence electrons. The lowest BCUT2D eigenvalue weighted by atomic mass is 10.0. The summed E-state index contributed by atoms with van der Waals surface area (Å²) in [7, 11) is 0. The van der Waals surface area contributed by atoms with Gasteiger partial charge in [0.15, 0.2) is 0 Å². The second-order valence-corrected chi connectivity index (χ2v) is 7.59. The number of hydrogen-bond acceptors (Lipinski definition) is 3. The van der Waals surface area contributed by atoms with E-state index >= 15 is 0 Å². The molecule has 2 N–H and O–H groups in total. The van der Waals surface area contributed by atoms with Crippen molar-refractivity contribution in [2.45, 2.75) is 24.6 Å². The van der Waals surface area contributed by atoms with E-state index < -0.39 is 0 Å². The van der Waals surface area contributed by atoms with Gasteiger partial charge in [0.2, 0.25) is 0 Å². The number of thiophene rings is 1. The van der Waals surface area contributed by atoms with Crippen LogP contribution in [0, 0.1) is 5.82 Å². The number of aryl methyl sites for hydroxylation is 1. The van der Waals surface area contributed by atoms with Gasteiger partial charge in [0.05, 0.1) is 0 Å². The fourth-order valence-electron chi connectivity index (χ4n) is 2.40. The molecule has 1 nitrogen and oxygen atoms in total. The molecule has 0 fully saturated rings. The van der Waals surface area contributed by atoms with Crippen LogP contribution in [0.3, 0.4) is 0 Å². The SMILES string of the molecule is NC(Cc1c(F)cccc1Cl)c1cc2c(s1)CCSC2. The van der Waals surface area contributed by atoms with Gasteiger partial charge < -0.3 is 5.73 Å². The average Bonchev–Trinajstić information content (AvgIpc) is 2.87. The van der Waals surface area contributed by atoms with Crippen LogP contribution in [-0.4, -0.2) is 5.75 Å². The number of rotatable bonds is 3. The van der Waals surface area contributed by atoms with E-state index in [0.717, 1.165) is 17.1 Å². The van der Waals surface area contributed by atoms with E-state index in [1.54, 1.807) is 23.5 Å². The summed E-state index contributed by atoms with van der Waals surface area (Å²) < 4.78 is 13.8. The van der Waals surface area contributed by atoms with Crippen molar-refractivity contribution >= 4 is 34.7 Å². The van der Waals surface area contributed by atoms with Crippen LogP contribution in [0.15, 0.2) is 24.3 Å². The van der Waals surface area contributed by atoms with E-state index in [2.05, 4.69) is 6.07 Å². The molecule has 0 radical (unpaired) electrons. The smallest absolute Gasteiger partial charge is 0.127 e. The van der Waals surface area contributed by atoms with Crippen LogP contribution in [0.2, 0.25) is 5.02 Å². The standard InChI is InChI=1S/C15H15ClFNS2/c16-11-2-1-3-12(17)10(11)7-13(18)15-6-9-8-19-5-4-14(9)20-15/h1-3,6,13H,4-5,7-8,18H2. The van der Waals surface area contributed by atoms with Crippen molar-refractivity contribution < 1.29 is 4.39 Å². The summed E-state index contributed by atoms with van der Waals surface area (Å²) in [6.45, 7) is 0. The highest BCUT2D eigenvalue weighted by atomic mass is 35.5. The maximum Gasteiger partial charge on any atom is 0.127 e. The lowest BCUT2D eigenvalue weighted by Crippen LogP contribution is -2.13. The van der Waals surface area contributed by atoms with E-state index in [0.29, 0.717) is 17.0 Å². The topological polar surface area (TPSA) is 26.0 Å².